The smallest absolute Gasteiger partial charge is 0.253 e. The maximum atomic E-state index is 12.6. The van der Waals surface area contributed by atoms with E-state index in [0.717, 1.165) is 17.1 Å². The molecule has 25 heavy (non-hydrogen) atoms. The summed E-state index contributed by atoms with van der Waals surface area (Å²) < 4.78 is 16.5. The molecule has 0 N–H and O–H groups in total. The highest BCUT2D eigenvalue weighted by atomic mass is 16.6. The molecule has 0 aliphatic carbocycles. The second-order valence-corrected chi connectivity index (χ2v) is 5.76. The van der Waals surface area contributed by atoms with Crippen LogP contribution in [0.1, 0.15) is 15.9 Å². The van der Waals surface area contributed by atoms with Crippen LogP contribution in [-0.2, 0) is 6.54 Å². The van der Waals surface area contributed by atoms with E-state index in [1.165, 1.54) is 0 Å². The van der Waals surface area contributed by atoms with Gasteiger partial charge in [0.15, 0.2) is 11.5 Å². The highest BCUT2D eigenvalue weighted by molar-refractivity contribution is 5.94. The largest absolute Gasteiger partial charge is 0.490 e. The molecular formula is C20H21NO4. The first-order valence-corrected chi connectivity index (χ1v) is 8.15. The van der Waals surface area contributed by atoms with E-state index in [9.17, 15) is 4.79 Å². The predicted molar refractivity (Wildman–Crippen MR) is 95.4 cm³/mol. The summed E-state index contributed by atoms with van der Waals surface area (Å²) in [6.07, 6.45) is 1.68. The van der Waals surface area contributed by atoms with Crippen LogP contribution in [0.25, 0.3) is 0 Å². The first-order chi connectivity index (χ1) is 12.2. The van der Waals surface area contributed by atoms with Gasteiger partial charge in [0.05, 0.1) is 0 Å². The second kappa shape index (κ2) is 7.75. The van der Waals surface area contributed by atoms with Crippen molar-refractivity contribution in [2.75, 3.05) is 26.9 Å². The topological polar surface area (TPSA) is 48.0 Å². The van der Waals surface area contributed by atoms with E-state index < -0.39 is 0 Å². The Morgan fingerprint density at radius 3 is 2.60 bits per heavy atom. The highest BCUT2D eigenvalue weighted by Gasteiger charge is 2.15. The summed E-state index contributed by atoms with van der Waals surface area (Å²) in [5.74, 6) is 2.14. The highest BCUT2D eigenvalue weighted by Crippen LogP contribution is 2.31. The lowest BCUT2D eigenvalue weighted by atomic mass is 10.1. The van der Waals surface area contributed by atoms with E-state index >= 15 is 0 Å². The van der Waals surface area contributed by atoms with Crippen molar-refractivity contribution >= 4 is 5.91 Å². The van der Waals surface area contributed by atoms with Gasteiger partial charge in [-0.05, 0) is 42.0 Å². The van der Waals surface area contributed by atoms with Crippen molar-refractivity contribution in [1.29, 1.82) is 0 Å². The average Bonchev–Trinajstić information content (AvgIpc) is 2.66. The molecule has 2 aromatic carbocycles. The number of hydrogen-bond acceptors (Lipinski definition) is 4. The van der Waals surface area contributed by atoms with Crippen LogP contribution in [0.4, 0.5) is 0 Å². The monoisotopic (exact) mass is 339 g/mol. The molecule has 1 aliphatic rings. The van der Waals surface area contributed by atoms with Gasteiger partial charge in [-0.15, -0.1) is 0 Å². The van der Waals surface area contributed by atoms with Crippen molar-refractivity contribution in [3.05, 3.63) is 66.2 Å². The summed E-state index contributed by atoms with van der Waals surface area (Å²) in [4.78, 5) is 14.2. The number of fused-ring (bicyclic) bond motifs is 1. The van der Waals surface area contributed by atoms with Gasteiger partial charge in [-0.3, -0.25) is 4.79 Å². The summed E-state index contributed by atoms with van der Waals surface area (Å²) in [6.45, 7) is 5.65. The summed E-state index contributed by atoms with van der Waals surface area (Å²) in [6, 6.07) is 12.9. The van der Waals surface area contributed by atoms with Gasteiger partial charge in [-0.1, -0.05) is 18.7 Å². The number of benzene rings is 2. The van der Waals surface area contributed by atoms with Crippen molar-refractivity contribution in [2.45, 2.75) is 6.54 Å². The first kappa shape index (κ1) is 16.9. The van der Waals surface area contributed by atoms with E-state index in [4.69, 9.17) is 14.2 Å². The van der Waals surface area contributed by atoms with Gasteiger partial charge in [-0.2, -0.15) is 0 Å². The van der Waals surface area contributed by atoms with Crippen molar-refractivity contribution in [1.82, 2.24) is 4.90 Å². The number of ether oxygens (including phenoxy) is 3. The third-order valence-corrected chi connectivity index (χ3v) is 3.84. The number of nitrogens with zero attached hydrogens (tertiary/aromatic N) is 1. The second-order valence-electron chi connectivity index (χ2n) is 5.76. The molecule has 1 aliphatic heterocycles. The first-order valence-electron chi connectivity index (χ1n) is 8.15. The molecule has 5 heteroatoms. The van der Waals surface area contributed by atoms with Gasteiger partial charge in [0.25, 0.3) is 5.91 Å². The van der Waals surface area contributed by atoms with Crippen LogP contribution in [0.2, 0.25) is 0 Å². The standard InChI is InChI=1S/C20H21NO4/c1-3-10-23-17-7-5-16(6-8-17)20(22)21(2)14-15-4-9-18-19(13-15)25-12-11-24-18/h3-9,13H,1,10-12,14H2,2H3. The quantitative estimate of drug-likeness (QED) is 0.758. The normalized spacial score (nSPS) is 12.4. The van der Waals surface area contributed by atoms with Crippen LogP contribution in [0, 0.1) is 0 Å². The lowest BCUT2D eigenvalue weighted by molar-refractivity contribution is 0.0784. The summed E-state index contributed by atoms with van der Waals surface area (Å²) >= 11 is 0. The molecule has 1 amide bonds. The van der Waals surface area contributed by atoms with Crippen molar-refractivity contribution in [3.63, 3.8) is 0 Å². The van der Waals surface area contributed by atoms with Crippen LogP contribution < -0.4 is 14.2 Å². The molecule has 1 heterocycles. The minimum Gasteiger partial charge on any atom is -0.490 e. The molecule has 0 aromatic heterocycles. The van der Waals surface area contributed by atoms with Gasteiger partial charge < -0.3 is 19.1 Å². The fourth-order valence-corrected chi connectivity index (χ4v) is 2.60. The zero-order valence-electron chi connectivity index (χ0n) is 14.2. The molecule has 130 valence electrons. The van der Waals surface area contributed by atoms with Gasteiger partial charge in [0.1, 0.15) is 25.6 Å². The molecule has 2 aromatic rings. The van der Waals surface area contributed by atoms with Crippen molar-refractivity contribution in [3.8, 4) is 17.2 Å². The maximum Gasteiger partial charge on any atom is 0.253 e. The molecule has 0 fully saturated rings. The molecule has 0 saturated carbocycles. The van der Waals surface area contributed by atoms with Crippen LogP contribution >= 0.6 is 0 Å². The molecule has 0 spiro atoms. The van der Waals surface area contributed by atoms with Crippen molar-refractivity contribution < 1.29 is 19.0 Å². The molecule has 5 nitrogen and oxygen atoms in total. The number of hydrogen-bond donors (Lipinski definition) is 0. The summed E-state index contributed by atoms with van der Waals surface area (Å²) in [5, 5.41) is 0. The molecule has 0 bridgehead atoms. The Hall–Kier alpha value is -2.95. The van der Waals surface area contributed by atoms with E-state index in [2.05, 4.69) is 6.58 Å². The number of rotatable bonds is 6. The zero-order chi connectivity index (χ0) is 17.6. The molecule has 0 radical (unpaired) electrons. The van der Waals surface area contributed by atoms with E-state index in [-0.39, 0.29) is 5.91 Å². The Balaban J connectivity index is 1.65. The lowest BCUT2D eigenvalue weighted by Gasteiger charge is -2.21. The molecule has 0 atom stereocenters. The Bertz CT molecular complexity index is 755. The number of amides is 1. The van der Waals surface area contributed by atoms with Crippen molar-refractivity contribution in [2.24, 2.45) is 0 Å². The Morgan fingerprint density at radius 2 is 1.88 bits per heavy atom. The fourth-order valence-electron chi connectivity index (χ4n) is 2.60. The third kappa shape index (κ3) is 4.12. The van der Waals surface area contributed by atoms with Gasteiger partial charge in [0, 0.05) is 19.2 Å². The van der Waals surface area contributed by atoms with Crippen LogP contribution in [-0.4, -0.2) is 37.7 Å². The fraction of sp³-hybridized carbons (Fsp3) is 0.250. The van der Waals surface area contributed by atoms with E-state index in [1.807, 2.05) is 18.2 Å². The SMILES string of the molecule is C=CCOc1ccc(C(=O)N(C)Cc2ccc3c(c2)OCCO3)cc1. The van der Waals surface area contributed by atoms with Gasteiger partial charge in [0.2, 0.25) is 0 Å². The Kier molecular flexibility index (Phi) is 5.23. The Labute approximate surface area is 147 Å². The molecular weight excluding hydrogens is 318 g/mol. The third-order valence-electron chi connectivity index (χ3n) is 3.84. The summed E-state index contributed by atoms with van der Waals surface area (Å²) in [7, 11) is 1.78. The summed E-state index contributed by atoms with van der Waals surface area (Å²) in [5.41, 5.74) is 1.61. The van der Waals surface area contributed by atoms with E-state index in [0.29, 0.717) is 37.7 Å². The molecule has 0 unspecified atom stereocenters. The molecule has 0 saturated heterocycles. The number of carbonyl (C=O) groups excluding carboxylic acids is 1. The minimum atomic E-state index is -0.0508. The maximum absolute atomic E-state index is 12.6. The predicted octanol–water partition coefficient (Wildman–Crippen LogP) is 3.29. The van der Waals surface area contributed by atoms with Crippen LogP contribution in [0.15, 0.2) is 55.1 Å². The lowest BCUT2D eigenvalue weighted by Crippen LogP contribution is -2.26. The van der Waals surface area contributed by atoms with Crippen LogP contribution in [0.5, 0.6) is 17.2 Å². The van der Waals surface area contributed by atoms with Gasteiger partial charge in [-0.25, -0.2) is 0 Å². The van der Waals surface area contributed by atoms with E-state index in [1.54, 1.807) is 42.3 Å². The average molecular weight is 339 g/mol. The Morgan fingerprint density at radius 1 is 1.16 bits per heavy atom. The number of carbonyl (C=O) groups is 1. The minimum absolute atomic E-state index is 0.0508. The van der Waals surface area contributed by atoms with Crippen LogP contribution in [0.3, 0.4) is 0 Å². The zero-order valence-corrected chi connectivity index (χ0v) is 14.2. The van der Waals surface area contributed by atoms with Gasteiger partial charge >= 0.3 is 0 Å². The molecule has 3 rings (SSSR count).